The lowest BCUT2D eigenvalue weighted by Crippen LogP contribution is -2.35. The van der Waals surface area contributed by atoms with Gasteiger partial charge >= 0.3 is 0 Å². The molecule has 0 saturated carbocycles. The molecule has 2 aliphatic heterocycles. The number of hydrogen-bond donors (Lipinski definition) is 1. The van der Waals surface area contributed by atoms with Crippen LogP contribution in [0.2, 0.25) is 0 Å². The van der Waals surface area contributed by atoms with Gasteiger partial charge in [0.05, 0.1) is 10.6 Å². The van der Waals surface area contributed by atoms with E-state index in [0.29, 0.717) is 36.9 Å². The van der Waals surface area contributed by atoms with Crippen molar-refractivity contribution in [2.75, 3.05) is 37.2 Å². The summed E-state index contributed by atoms with van der Waals surface area (Å²) in [7, 11) is -3.68. The van der Waals surface area contributed by atoms with E-state index in [-0.39, 0.29) is 22.4 Å². The molecule has 0 radical (unpaired) electrons. The number of ether oxygens (including phenoxy) is 1. The first-order chi connectivity index (χ1) is 15.4. The summed E-state index contributed by atoms with van der Waals surface area (Å²) in [6.07, 6.45) is 2.69. The van der Waals surface area contributed by atoms with Crippen molar-refractivity contribution < 1.29 is 22.7 Å². The van der Waals surface area contributed by atoms with Gasteiger partial charge < -0.3 is 15.0 Å². The molecule has 10 heteroatoms. The molecule has 4 rings (SSSR count). The van der Waals surface area contributed by atoms with Crippen LogP contribution in [0.4, 0.5) is 10.5 Å². The summed E-state index contributed by atoms with van der Waals surface area (Å²) >= 11 is 1.18. The lowest BCUT2D eigenvalue weighted by molar-refractivity contribution is -0.116. The van der Waals surface area contributed by atoms with Crippen molar-refractivity contribution in [3.63, 3.8) is 0 Å². The van der Waals surface area contributed by atoms with Gasteiger partial charge in [-0.3, -0.25) is 9.59 Å². The monoisotopic (exact) mass is 475 g/mol. The molecule has 0 bridgehead atoms. The number of amides is 2. The van der Waals surface area contributed by atoms with Crippen LogP contribution < -0.4 is 10.1 Å². The van der Waals surface area contributed by atoms with E-state index >= 15 is 0 Å². The Balaban J connectivity index is 1.61. The first-order valence-corrected chi connectivity index (χ1v) is 12.9. The summed E-state index contributed by atoms with van der Waals surface area (Å²) in [5.74, 6) is 1.12. The summed E-state index contributed by atoms with van der Waals surface area (Å²) in [4.78, 5) is 26.0. The fourth-order valence-corrected chi connectivity index (χ4v) is 6.03. The number of anilines is 1. The largest absolute Gasteiger partial charge is 0.455 e. The van der Waals surface area contributed by atoms with Gasteiger partial charge in [-0.1, -0.05) is 36.4 Å². The van der Waals surface area contributed by atoms with Crippen LogP contribution in [0.3, 0.4) is 0 Å². The van der Waals surface area contributed by atoms with Gasteiger partial charge in [-0.25, -0.2) is 8.42 Å². The number of benzene rings is 2. The molecule has 0 spiro atoms. The standard InChI is InChI=1S/C22H25N3O5S2/c26-21(16-24-13-14-31-22(24)27)23-19-15-18(32(28,29)25-11-5-2-6-12-25)9-10-20(19)30-17-7-3-1-4-8-17/h1,3-4,7-10,15H,2,5-6,11-14,16H2,(H,23,26). The first kappa shape index (κ1) is 22.6. The third kappa shape index (κ3) is 5.25. The Labute approximate surface area is 192 Å². The van der Waals surface area contributed by atoms with Crippen LogP contribution in [-0.2, 0) is 14.8 Å². The van der Waals surface area contributed by atoms with Crippen LogP contribution in [0.1, 0.15) is 19.3 Å². The number of nitrogens with one attached hydrogen (secondary N) is 1. The third-order valence-corrected chi connectivity index (χ3v) is 8.11. The number of carbonyl (C=O) groups is 2. The minimum Gasteiger partial charge on any atom is -0.455 e. The maximum Gasteiger partial charge on any atom is 0.282 e. The number of sulfonamides is 1. The molecule has 0 atom stereocenters. The lowest BCUT2D eigenvalue weighted by atomic mass is 10.2. The van der Waals surface area contributed by atoms with Crippen LogP contribution in [0.25, 0.3) is 0 Å². The maximum absolute atomic E-state index is 13.1. The summed E-state index contributed by atoms with van der Waals surface area (Å²) in [5, 5.41) is 2.61. The molecule has 1 N–H and O–H groups in total. The normalized spacial score (nSPS) is 17.4. The molecule has 2 fully saturated rings. The molecule has 2 aromatic rings. The summed E-state index contributed by atoms with van der Waals surface area (Å²) in [6, 6.07) is 13.5. The van der Waals surface area contributed by atoms with Crippen molar-refractivity contribution in [1.29, 1.82) is 0 Å². The molecular formula is C22H25N3O5S2. The average molecular weight is 476 g/mol. The smallest absolute Gasteiger partial charge is 0.282 e. The Morgan fingerprint density at radius 1 is 1.03 bits per heavy atom. The van der Waals surface area contributed by atoms with Crippen LogP contribution >= 0.6 is 11.8 Å². The zero-order valence-corrected chi connectivity index (χ0v) is 19.2. The molecular weight excluding hydrogens is 450 g/mol. The van der Waals surface area contributed by atoms with Gasteiger partial charge in [-0.2, -0.15) is 4.31 Å². The molecule has 32 heavy (non-hydrogen) atoms. The van der Waals surface area contributed by atoms with Crippen LogP contribution in [0, 0.1) is 0 Å². The van der Waals surface area contributed by atoms with E-state index in [1.807, 2.05) is 18.2 Å². The lowest BCUT2D eigenvalue weighted by Gasteiger charge is -2.26. The van der Waals surface area contributed by atoms with Crippen LogP contribution in [-0.4, -0.2) is 60.7 Å². The second-order valence-electron chi connectivity index (χ2n) is 7.62. The number of hydrogen-bond acceptors (Lipinski definition) is 6. The highest BCUT2D eigenvalue weighted by molar-refractivity contribution is 8.13. The molecule has 2 aliphatic rings. The number of para-hydroxylation sites is 1. The van der Waals surface area contributed by atoms with E-state index in [9.17, 15) is 18.0 Å². The van der Waals surface area contributed by atoms with Crippen LogP contribution in [0.5, 0.6) is 11.5 Å². The summed E-state index contributed by atoms with van der Waals surface area (Å²) in [6.45, 7) is 1.38. The van der Waals surface area contributed by atoms with Gasteiger partial charge in [0.25, 0.3) is 5.24 Å². The number of piperidine rings is 1. The van der Waals surface area contributed by atoms with E-state index in [4.69, 9.17) is 4.74 Å². The van der Waals surface area contributed by atoms with Gasteiger partial charge in [0.1, 0.15) is 12.3 Å². The summed E-state index contributed by atoms with van der Waals surface area (Å²) < 4.78 is 33.7. The van der Waals surface area contributed by atoms with E-state index in [1.165, 1.54) is 33.1 Å². The van der Waals surface area contributed by atoms with Crippen molar-refractivity contribution in [3.8, 4) is 11.5 Å². The number of thioether (sulfide) groups is 1. The molecule has 0 unspecified atom stereocenters. The fourth-order valence-electron chi connectivity index (χ4n) is 3.66. The Bertz CT molecular complexity index is 1090. The molecule has 170 valence electrons. The van der Waals surface area contributed by atoms with E-state index in [0.717, 1.165) is 19.3 Å². The molecule has 2 amide bonds. The highest BCUT2D eigenvalue weighted by Gasteiger charge is 2.28. The number of carbonyl (C=O) groups excluding carboxylic acids is 2. The minimum absolute atomic E-state index is 0.0975. The van der Waals surface area contributed by atoms with Gasteiger partial charge in [-0.05, 0) is 43.2 Å². The highest BCUT2D eigenvalue weighted by atomic mass is 32.2. The summed E-state index contributed by atoms with van der Waals surface area (Å²) in [5.41, 5.74) is 0.247. The molecule has 2 saturated heterocycles. The second-order valence-corrected chi connectivity index (χ2v) is 10.6. The molecule has 0 aliphatic carbocycles. The maximum atomic E-state index is 13.1. The van der Waals surface area contributed by atoms with Gasteiger partial charge in [0.15, 0.2) is 5.75 Å². The Hall–Kier alpha value is -2.56. The Kier molecular flexibility index (Phi) is 7.02. The highest BCUT2D eigenvalue weighted by Crippen LogP contribution is 2.33. The molecule has 2 aromatic carbocycles. The third-order valence-electron chi connectivity index (χ3n) is 5.33. The Morgan fingerprint density at radius 3 is 2.47 bits per heavy atom. The topological polar surface area (TPSA) is 96.0 Å². The molecule has 8 nitrogen and oxygen atoms in total. The van der Waals surface area contributed by atoms with Crippen molar-refractivity contribution in [3.05, 3.63) is 48.5 Å². The quantitative estimate of drug-likeness (QED) is 0.655. The van der Waals surface area contributed by atoms with Crippen molar-refractivity contribution in [1.82, 2.24) is 9.21 Å². The average Bonchev–Trinajstić information content (AvgIpc) is 3.20. The van der Waals surface area contributed by atoms with E-state index in [2.05, 4.69) is 5.32 Å². The number of rotatable bonds is 7. The number of nitrogens with zero attached hydrogens (tertiary/aromatic N) is 2. The van der Waals surface area contributed by atoms with Crippen molar-refractivity contribution in [2.45, 2.75) is 24.2 Å². The molecule has 2 heterocycles. The zero-order chi connectivity index (χ0) is 22.6. The predicted molar refractivity (Wildman–Crippen MR) is 124 cm³/mol. The zero-order valence-electron chi connectivity index (χ0n) is 17.5. The Morgan fingerprint density at radius 2 is 1.78 bits per heavy atom. The SMILES string of the molecule is O=C(CN1CCSC1=O)Nc1cc(S(=O)(=O)N2CCCCC2)ccc1Oc1ccccc1. The van der Waals surface area contributed by atoms with Gasteiger partial charge in [0, 0.05) is 25.4 Å². The minimum atomic E-state index is -3.68. The molecule has 0 aromatic heterocycles. The van der Waals surface area contributed by atoms with Crippen molar-refractivity contribution >= 4 is 38.6 Å². The van der Waals surface area contributed by atoms with E-state index < -0.39 is 15.9 Å². The van der Waals surface area contributed by atoms with E-state index in [1.54, 1.807) is 18.2 Å². The first-order valence-electron chi connectivity index (χ1n) is 10.5. The second kappa shape index (κ2) is 9.93. The predicted octanol–water partition coefficient (Wildman–Crippen LogP) is 3.76. The fraction of sp³-hybridized carbons (Fsp3) is 0.364. The van der Waals surface area contributed by atoms with Gasteiger partial charge in [0.2, 0.25) is 15.9 Å². The van der Waals surface area contributed by atoms with Crippen molar-refractivity contribution in [2.24, 2.45) is 0 Å². The van der Waals surface area contributed by atoms with Gasteiger partial charge in [-0.15, -0.1) is 0 Å². The van der Waals surface area contributed by atoms with Crippen LogP contribution in [0.15, 0.2) is 53.4 Å².